The molecule has 12 nitrogen and oxygen atoms in total. The lowest BCUT2D eigenvalue weighted by molar-refractivity contribution is -0.136. The van der Waals surface area contributed by atoms with E-state index in [1.54, 1.807) is 60.7 Å². The highest BCUT2D eigenvalue weighted by molar-refractivity contribution is 6.29. The van der Waals surface area contributed by atoms with E-state index in [0.717, 1.165) is 30.7 Å². The second-order valence-corrected chi connectivity index (χ2v) is 11.4. The topological polar surface area (TPSA) is 144 Å². The standard InChI is InChI=1S/C22H19N3O4.C19H18N2O3/c1-24-20(27)18(21(28)25(2)22(24)29)10-6-7-15-11-13-16(14-12-15)19(26)23-17-8-4-3-5-9-17;1-3-13-20-17(22)16(18(23)21(14-4-2)19(20)24)12-8-11-15-9-6-5-7-10-15/h3-14H,1-2H3,(H,23,26);3-12H,1-2,13-14H2/b7-6+;11-8+. The van der Waals surface area contributed by atoms with Gasteiger partial charge in [0.05, 0.1) is 0 Å². The molecular formula is C41H37N5O7. The zero-order valence-corrected chi connectivity index (χ0v) is 29.2. The van der Waals surface area contributed by atoms with E-state index in [0.29, 0.717) is 11.3 Å². The average molecular weight is 712 g/mol. The van der Waals surface area contributed by atoms with Crippen LogP contribution in [-0.4, -0.2) is 88.4 Å². The van der Waals surface area contributed by atoms with Crippen molar-refractivity contribution in [2.24, 2.45) is 0 Å². The molecule has 268 valence electrons. The molecule has 0 saturated carbocycles. The molecule has 5 rings (SSSR count). The highest BCUT2D eigenvalue weighted by Gasteiger charge is 2.40. The summed E-state index contributed by atoms with van der Waals surface area (Å²) >= 11 is 0. The molecule has 1 N–H and O–H groups in total. The molecule has 0 aromatic heterocycles. The number of carbonyl (C=O) groups excluding carboxylic acids is 7. The minimum Gasteiger partial charge on any atom is -0.322 e. The van der Waals surface area contributed by atoms with Crippen LogP contribution in [-0.2, 0) is 19.2 Å². The second-order valence-electron chi connectivity index (χ2n) is 11.4. The first-order valence-electron chi connectivity index (χ1n) is 16.3. The Hall–Kier alpha value is -7.21. The van der Waals surface area contributed by atoms with Crippen molar-refractivity contribution in [3.8, 4) is 0 Å². The zero-order chi connectivity index (χ0) is 38.5. The van der Waals surface area contributed by atoms with Crippen LogP contribution in [0.3, 0.4) is 0 Å². The third-order valence-corrected chi connectivity index (χ3v) is 7.79. The molecule has 0 spiro atoms. The molecule has 2 heterocycles. The number of allylic oxidation sites excluding steroid dienone is 4. The quantitative estimate of drug-likeness (QED) is 0.161. The van der Waals surface area contributed by atoms with E-state index in [2.05, 4.69) is 18.5 Å². The summed E-state index contributed by atoms with van der Waals surface area (Å²) in [7, 11) is 2.65. The fourth-order valence-electron chi connectivity index (χ4n) is 4.96. The smallest absolute Gasteiger partial charge is 0.322 e. The Kier molecular flexibility index (Phi) is 13.2. The van der Waals surface area contributed by atoms with Crippen LogP contribution in [0.4, 0.5) is 15.3 Å². The molecule has 2 aliphatic rings. The number of barbiturate groups is 2. The molecule has 2 saturated heterocycles. The SMILES string of the molecule is C=CCN1C(=O)C(=C/C=C/c2ccccc2)C(=O)N(CC=C)C1=O.CN1C(=O)C(=C/C=C/c2ccc(C(=O)Nc3ccccc3)cc2)C(=O)N(C)C1=O. The van der Waals surface area contributed by atoms with Gasteiger partial charge in [-0.2, -0.15) is 0 Å². The van der Waals surface area contributed by atoms with Crippen molar-refractivity contribution >= 4 is 59.4 Å². The number of para-hydroxylation sites is 1. The van der Waals surface area contributed by atoms with Crippen molar-refractivity contribution < 1.29 is 33.6 Å². The lowest BCUT2D eigenvalue weighted by atomic mass is 10.1. The number of anilines is 1. The van der Waals surface area contributed by atoms with Gasteiger partial charge in [-0.15, -0.1) is 13.2 Å². The lowest BCUT2D eigenvalue weighted by Crippen LogP contribution is -2.56. The molecule has 3 aromatic rings. The Morgan fingerprint density at radius 3 is 1.49 bits per heavy atom. The Morgan fingerprint density at radius 1 is 0.585 bits per heavy atom. The number of hydrogen-bond acceptors (Lipinski definition) is 7. The van der Waals surface area contributed by atoms with Gasteiger partial charge in [-0.3, -0.25) is 43.6 Å². The van der Waals surface area contributed by atoms with Gasteiger partial charge in [0.25, 0.3) is 29.5 Å². The van der Waals surface area contributed by atoms with E-state index < -0.39 is 35.7 Å². The Bertz CT molecular complexity index is 1990. The number of likely N-dealkylation sites (N-methyl/N-ethyl adjacent to an activating group) is 2. The van der Waals surface area contributed by atoms with Gasteiger partial charge in [-0.1, -0.05) is 97.1 Å². The fraction of sp³-hybridized carbons (Fsp3) is 0.0976. The van der Waals surface area contributed by atoms with Crippen molar-refractivity contribution in [2.45, 2.75) is 0 Å². The van der Waals surface area contributed by atoms with Crippen LogP contribution >= 0.6 is 0 Å². The predicted molar refractivity (Wildman–Crippen MR) is 202 cm³/mol. The molecule has 0 unspecified atom stereocenters. The van der Waals surface area contributed by atoms with Crippen LogP contribution in [0.15, 0.2) is 146 Å². The normalized spacial score (nSPS) is 14.8. The molecule has 3 aromatic carbocycles. The monoisotopic (exact) mass is 711 g/mol. The van der Waals surface area contributed by atoms with Gasteiger partial charge in [0.1, 0.15) is 11.1 Å². The molecule has 2 fully saturated rings. The number of amides is 9. The number of nitrogens with zero attached hydrogens (tertiary/aromatic N) is 4. The maximum atomic E-state index is 12.4. The molecule has 0 atom stereocenters. The number of imide groups is 4. The summed E-state index contributed by atoms with van der Waals surface area (Å²) in [6.07, 6.45) is 12.3. The zero-order valence-electron chi connectivity index (χ0n) is 29.2. The Labute approximate surface area is 307 Å². The minimum absolute atomic E-state index is 0.0400. The highest BCUT2D eigenvalue weighted by Crippen LogP contribution is 2.19. The van der Waals surface area contributed by atoms with Crippen molar-refractivity contribution in [3.05, 3.63) is 162 Å². The summed E-state index contributed by atoms with van der Waals surface area (Å²) in [5, 5.41) is 2.81. The first-order chi connectivity index (χ1) is 25.5. The Morgan fingerprint density at radius 2 is 1.02 bits per heavy atom. The van der Waals surface area contributed by atoms with E-state index >= 15 is 0 Å². The van der Waals surface area contributed by atoms with E-state index in [1.807, 2.05) is 48.5 Å². The molecule has 12 heteroatoms. The van der Waals surface area contributed by atoms with Gasteiger partial charge < -0.3 is 5.32 Å². The summed E-state index contributed by atoms with van der Waals surface area (Å²) in [6, 6.07) is 24.2. The van der Waals surface area contributed by atoms with E-state index in [-0.39, 0.29) is 30.1 Å². The minimum atomic E-state index is -0.662. The number of benzene rings is 3. The van der Waals surface area contributed by atoms with Crippen molar-refractivity contribution in [1.29, 1.82) is 0 Å². The molecule has 2 aliphatic heterocycles. The first-order valence-corrected chi connectivity index (χ1v) is 16.3. The number of urea groups is 2. The van der Waals surface area contributed by atoms with Crippen LogP contribution in [0.5, 0.6) is 0 Å². The van der Waals surface area contributed by atoms with Crippen LogP contribution in [0.25, 0.3) is 12.2 Å². The summed E-state index contributed by atoms with van der Waals surface area (Å²) in [5.41, 5.74) is 2.78. The van der Waals surface area contributed by atoms with Gasteiger partial charge in [0.2, 0.25) is 0 Å². The molecule has 53 heavy (non-hydrogen) atoms. The van der Waals surface area contributed by atoms with Crippen LogP contribution in [0, 0.1) is 0 Å². The Balaban J connectivity index is 0.000000241. The number of rotatable bonds is 10. The summed E-state index contributed by atoms with van der Waals surface area (Å²) in [4.78, 5) is 89.0. The van der Waals surface area contributed by atoms with Gasteiger partial charge in [-0.05, 0) is 47.5 Å². The molecular weight excluding hydrogens is 674 g/mol. The van der Waals surface area contributed by atoms with Gasteiger partial charge in [-0.25, -0.2) is 9.59 Å². The van der Waals surface area contributed by atoms with Gasteiger partial charge in [0, 0.05) is 38.4 Å². The molecule has 0 radical (unpaired) electrons. The summed E-state index contributed by atoms with van der Waals surface area (Å²) < 4.78 is 0. The van der Waals surface area contributed by atoms with E-state index in [4.69, 9.17) is 0 Å². The highest BCUT2D eigenvalue weighted by atomic mass is 16.2. The molecule has 0 aliphatic carbocycles. The maximum absolute atomic E-state index is 12.4. The lowest BCUT2D eigenvalue weighted by Gasteiger charge is -2.32. The van der Waals surface area contributed by atoms with E-state index in [9.17, 15) is 33.6 Å². The van der Waals surface area contributed by atoms with Crippen molar-refractivity contribution in [3.63, 3.8) is 0 Å². The maximum Gasteiger partial charge on any atom is 0.334 e. The predicted octanol–water partition coefficient (Wildman–Crippen LogP) is 5.72. The first kappa shape index (κ1) is 38.6. The largest absolute Gasteiger partial charge is 0.334 e. The average Bonchev–Trinajstić information content (AvgIpc) is 3.17. The number of hydrogen-bond donors (Lipinski definition) is 1. The van der Waals surface area contributed by atoms with Crippen molar-refractivity contribution in [2.75, 3.05) is 32.5 Å². The van der Waals surface area contributed by atoms with Crippen molar-refractivity contribution in [1.82, 2.24) is 19.6 Å². The number of carbonyl (C=O) groups is 7. The fourth-order valence-corrected chi connectivity index (χ4v) is 4.96. The third kappa shape index (κ3) is 9.52. The summed E-state index contributed by atoms with van der Waals surface area (Å²) in [5.74, 6) is -2.75. The second kappa shape index (κ2) is 18.2. The van der Waals surface area contributed by atoms with E-state index in [1.165, 1.54) is 38.4 Å². The van der Waals surface area contributed by atoms with Gasteiger partial charge in [0.15, 0.2) is 0 Å². The van der Waals surface area contributed by atoms with Crippen LogP contribution in [0.1, 0.15) is 21.5 Å². The van der Waals surface area contributed by atoms with Gasteiger partial charge >= 0.3 is 12.1 Å². The molecule has 0 bridgehead atoms. The van der Waals surface area contributed by atoms with Crippen LogP contribution < -0.4 is 5.32 Å². The van der Waals surface area contributed by atoms with Crippen LogP contribution in [0.2, 0.25) is 0 Å². The number of nitrogens with one attached hydrogen (secondary N) is 1. The summed E-state index contributed by atoms with van der Waals surface area (Å²) in [6.45, 7) is 7.15. The molecule has 9 amide bonds. The third-order valence-electron chi connectivity index (χ3n) is 7.79.